The van der Waals surface area contributed by atoms with Crippen molar-refractivity contribution in [1.82, 2.24) is 9.66 Å². The lowest BCUT2D eigenvalue weighted by Crippen LogP contribution is -2.13. The van der Waals surface area contributed by atoms with Gasteiger partial charge < -0.3 is 11.6 Å². The molecule has 0 spiro atoms. The van der Waals surface area contributed by atoms with Gasteiger partial charge in [0, 0.05) is 0 Å². The minimum absolute atomic E-state index is 0.610. The van der Waals surface area contributed by atoms with E-state index in [1.807, 2.05) is 6.92 Å². The minimum Gasteiger partial charge on any atom is -0.382 e. The summed E-state index contributed by atoms with van der Waals surface area (Å²) in [7, 11) is 0. The van der Waals surface area contributed by atoms with Crippen molar-refractivity contribution in [3.63, 3.8) is 0 Å². The molecule has 0 aliphatic rings. The summed E-state index contributed by atoms with van der Waals surface area (Å²) < 4.78 is 1.45. The molecule has 0 aliphatic heterocycles. The fraction of sp³-hybridized carbons (Fsp3) is 0.700. The number of unbranched alkanes of at least 4 members (excludes halogenated alkanes) is 3. The van der Waals surface area contributed by atoms with Crippen LogP contribution < -0.4 is 11.6 Å². The molecule has 80 valence electrons. The van der Waals surface area contributed by atoms with Crippen LogP contribution in [0.4, 0.5) is 5.82 Å². The average Bonchev–Trinajstić information content (AvgIpc) is 2.41. The minimum atomic E-state index is 0.610. The van der Waals surface area contributed by atoms with Gasteiger partial charge in [-0.15, -0.1) is 0 Å². The van der Waals surface area contributed by atoms with Crippen molar-refractivity contribution < 1.29 is 0 Å². The van der Waals surface area contributed by atoms with E-state index in [-0.39, 0.29) is 0 Å². The average molecular weight is 196 g/mol. The lowest BCUT2D eigenvalue weighted by molar-refractivity contribution is 0.662. The Morgan fingerprint density at radius 1 is 1.29 bits per heavy atom. The molecule has 0 fully saturated rings. The van der Waals surface area contributed by atoms with Crippen LogP contribution in [0.1, 0.15) is 44.1 Å². The maximum absolute atomic E-state index is 5.79. The SMILES string of the molecule is CCCCCCc1nc(C)n(N)c1N. The van der Waals surface area contributed by atoms with Gasteiger partial charge in [-0.1, -0.05) is 26.2 Å². The second-order valence-electron chi connectivity index (χ2n) is 3.67. The zero-order valence-corrected chi connectivity index (χ0v) is 9.08. The fourth-order valence-corrected chi connectivity index (χ4v) is 1.52. The molecule has 0 unspecified atom stereocenters. The molecule has 0 aliphatic carbocycles. The molecular formula is C10H20N4. The number of aromatic nitrogens is 2. The van der Waals surface area contributed by atoms with Crippen molar-refractivity contribution in [2.75, 3.05) is 11.6 Å². The molecule has 1 rings (SSSR count). The third-order valence-electron chi connectivity index (χ3n) is 2.47. The first-order chi connectivity index (χ1) is 6.66. The van der Waals surface area contributed by atoms with Crippen LogP contribution >= 0.6 is 0 Å². The predicted molar refractivity (Wildman–Crippen MR) is 59.4 cm³/mol. The van der Waals surface area contributed by atoms with Crippen molar-refractivity contribution in [2.45, 2.75) is 46.0 Å². The normalized spacial score (nSPS) is 10.7. The van der Waals surface area contributed by atoms with Crippen LogP contribution in [0.5, 0.6) is 0 Å². The van der Waals surface area contributed by atoms with Gasteiger partial charge in [-0.05, 0) is 19.8 Å². The Kier molecular flexibility index (Phi) is 3.80. The molecule has 0 bridgehead atoms. The Bertz CT molecular complexity index is 291. The number of nitrogens with zero attached hydrogens (tertiary/aromatic N) is 2. The Morgan fingerprint density at radius 3 is 2.50 bits per heavy atom. The summed E-state index contributed by atoms with van der Waals surface area (Å²) in [4.78, 5) is 4.32. The maximum Gasteiger partial charge on any atom is 0.145 e. The van der Waals surface area contributed by atoms with Crippen molar-refractivity contribution >= 4 is 5.82 Å². The van der Waals surface area contributed by atoms with Gasteiger partial charge in [-0.25, -0.2) is 9.66 Å². The first kappa shape index (κ1) is 10.9. The van der Waals surface area contributed by atoms with Crippen molar-refractivity contribution in [3.05, 3.63) is 11.5 Å². The van der Waals surface area contributed by atoms with Gasteiger partial charge >= 0.3 is 0 Å². The van der Waals surface area contributed by atoms with Crippen LogP contribution in [-0.4, -0.2) is 9.66 Å². The van der Waals surface area contributed by atoms with Crippen LogP contribution in [0.15, 0.2) is 0 Å². The monoisotopic (exact) mass is 196 g/mol. The van der Waals surface area contributed by atoms with Crippen molar-refractivity contribution in [2.24, 2.45) is 0 Å². The van der Waals surface area contributed by atoms with Gasteiger partial charge in [0.15, 0.2) is 0 Å². The second-order valence-corrected chi connectivity index (χ2v) is 3.67. The number of anilines is 1. The van der Waals surface area contributed by atoms with Crippen molar-refractivity contribution in [3.8, 4) is 0 Å². The summed E-state index contributed by atoms with van der Waals surface area (Å²) in [5.74, 6) is 7.06. The molecule has 1 heterocycles. The number of aryl methyl sites for hydroxylation is 2. The number of hydrogen-bond acceptors (Lipinski definition) is 3. The Morgan fingerprint density at radius 2 is 2.00 bits per heavy atom. The van der Waals surface area contributed by atoms with Gasteiger partial charge in [0.2, 0.25) is 0 Å². The van der Waals surface area contributed by atoms with E-state index in [1.54, 1.807) is 0 Å². The highest BCUT2D eigenvalue weighted by Crippen LogP contribution is 2.14. The van der Waals surface area contributed by atoms with Crippen LogP contribution in [0.2, 0.25) is 0 Å². The van der Waals surface area contributed by atoms with E-state index in [2.05, 4.69) is 11.9 Å². The second kappa shape index (κ2) is 4.88. The summed E-state index contributed by atoms with van der Waals surface area (Å²) >= 11 is 0. The van der Waals surface area contributed by atoms with Gasteiger partial charge in [-0.2, -0.15) is 0 Å². The van der Waals surface area contributed by atoms with Gasteiger partial charge in [0.25, 0.3) is 0 Å². The number of imidazole rings is 1. The molecule has 1 aromatic rings. The van der Waals surface area contributed by atoms with E-state index >= 15 is 0 Å². The molecule has 0 saturated carbocycles. The van der Waals surface area contributed by atoms with Gasteiger partial charge in [-0.3, -0.25) is 0 Å². The molecule has 0 aromatic carbocycles. The summed E-state index contributed by atoms with van der Waals surface area (Å²) in [5.41, 5.74) is 6.74. The molecule has 1 aromatic heterocycles. The highest BCUT2D eigenvalue weighted by molar-refractivity contribution is 5.38. The number of hydrogen-bond donors (Lipinski definition) is 2. The quantitative estimate of drug-likeness (QED) is 0.555. The van der Waals surface area contributed by atoms with Gasteiger partial charge in [0.05, 0.1) is 5.69 Å². The first-order valence-electron chi connectivity index (χ1n) is 5.25. The van der Waals surface area contributed by atoms with Crippen LogP contribution in [-0.2, 0) is 6.42 Å². The highest BCUT2D eigenvalue weighted by Gasteiger charge is 2.08. The largest absolute Gasteiger partial charge is 0.382 e. The van der Waals surface area contributed by atoms with Gasteiger partial charge in [0.1, 0.15) is 11.6 Å². The third-order valence-corrected chi connectivity index (χ3v) is 2.47. The maximum atomic E-state index is 5.79. The third kappa shape index (κ3) is 2.40. The van der Waals surface area contributed by atoms with E-state index in [0.717, 1.165) is 24.4 Å². The Labute approximate surface area is 85.3 Å². The van der Waals surface area contributed by atoms with E-state index in [0.29, 0.717) is 5.82 Å². The van der Waals surface area contributed by atoms with Crippen molar-refractivity contribution in [1.29, 1.82) is 0 Å². The summed E-state index contributed by atoms with van der Waals surface area (Å²) in [5, 5.41) is 0. The van der Waals surface area contributed by atoms with E-state index in [4.69, 9.17) is 11.6 Å². The first-order valence-corrected chi connectivity index (χ1v) is 5.25. The molecular weight excluding hydrogens is 176 g/mol. The van der Waals surface area contributed by atoms with Crippen LogP contribution in [0.3, 0.4) is 0 Å². The Balaban J connectivity index is 2.47. The Hall–Kier alpha value is -1.19. The van der Waals surface area contributed by atoms with E-state index < -0.39 is 0 Å². The number of rotatable bonds is 5. The summed E-state index contributed by atoms with van der Waals surface area (Å²) in [6, 6.07) is 0. The summed E-state index contributed by atoms with van der Waals surface area (Å²) in [6.07, 6.45) is 5.86. The lowest BCUT2D eigenvalue weighted by atomic mass is 10.1. The molecule has 4 heteroatoms. The molecule has 0 atom stereocenters. The zero-order valence-electron chi connectivity index (χ0n) is 9.08. The highest BCUT2D eigenvalue weighted by atomic mass is 15.4. The predicted octanol–water partition coefficient (Wildman–Crippen LogP) is 1.61. The number of nitrogens with two attached hydrogens (primary N) is 2. The smallest absolute Gasteiger partial charge is 0.145 e. The van der Waals surface area contributed by atoms with E-state index in [9.17, 15) is 0 Å². The summed E-state index contributed by atoms with van der Waals surface area (Å²) in [6.45, 7) is 4.07. The fourth-order valence-electron chi connectivity index (χ4n) is 1.52. The van der Waals surface area contributed by atoms with Crippen LogP contribution in [0.25, 0.3) is 0 Å². The van der Waals surface area contributed by atoms with Crippen LogP contribution in [0, 0.1) is 6.92 Å². The molecule has 4 N–H and O–H groups in total. The molecule has 0 amide bonds. The molecule has 0 radical (unpaired) electrons. The lowest BCUT2D eigenvalue weighted by Gasteiger charge is -1.99. The molecule has 0 saturated heterocycles. The standard InChI is InChI=1S/C10H20N4/c1-3-4-5-6-7-9-10(11)14(12)8(2)13-9/h3-7,11-12H2,1-2H3. The zero-order chi connectivity index (χ0) is 10.6. The topological polar surface area (TPSA) is 69.9 Å². The van der Waals surface area contributed by atoms with E-state index in [1.165, 1.54) is 23.9 Å². The molecule has 14 heavy (non-hydrogen) atoms. The number of nitrogen functional groups attached to an aromatic ring is 2. The molecule has 4 nitrogen and oxygen atoms in total.